The molecular weight excluding hydrogens is 207 g/mol. The second-order valence-electron chi connectivity index (χ2n) is 2.85. The summed E-state index contributed by atoms with van der Waals surface area (Å²) in [4.78, 5) is 7.22. The van der Waals surface area contributed by atoms with E-state index in [9.17, 15) is 13.2 Å². The molecule has 0 N–H and O–H groups in total. The average Bonchev–Trinajstić information content (AvgIpc) is 2.69. The Bertz CT molecular complexity index is 448. The van der Waals surface area contributed by atoms with Crippen molar-refractivity contribution in [3.63, 3.8) is 0 Å². The van der Waals surface area contributed by atoms with Crippen LogP contribution in [0.25, 0.3) is 5.82 Å². The minimum atomic E-state index is -4.42. The molecule has 15 heavy (non-hydrogen) atoms. The summed E-state index contributed by atoms with van der Waals surface area (Å²) >= 11 is 0. The fraction of sp³-hybridized carbons (Fsp3) is 0.111. The zero-order valence-electron chi connectivity index (χ0n) is 7.44. The van der Waals surface area contributed by atoms with Crippen molar-refractivity contribution in [2.45, 2.75) is 6.18 Å². The summed E-state index contributed by atoms with van der Waals surface area (Å²) in [6.45, 7) is 0. The van der Waals surface area contributed by atoms with Gasteiger partial charge in [0.05, 0.1) is 0 Å². The highest BCUT2D eigenvalue weighted by Gasteiger charge is 2.32. The summed E-state index contributed by atoms with van der Waals surface area (Å²) in [5.41, 5.74) is -0.909. The molecule has 6 heteroatoms. The second kappa shape index (κ2) is 3.38. The lowest BCUT2D eigenvalue weighted by Crippen LogP contribution is -2.09. The van der Waals surface area contributed by atoms with Gasteiger partial charge in [-0.2, -0.15) is 13.2 Å². The third-order valence-electron chi connectivity index (χ3n) is 1.79. The van der Waals surface area contributed by atoms with Gasteiger partial charge in [0.25, 0.3) is 0 Å². The van der Waals surface area contributed by atoms with Crippen molar-refractivity contribution < 1.29 is 13.2 Å². The Balaban J connectivity index is 2.44. The van der Waals surface area contributed by atoms with Crippen LogP contribution in [0.1, 0.15) is 5.69 Å². The first-order chi connectivity index (χ1) is 7.07. The largest absolute Gasteiger partial charge is 0.433 e. The molecule has 0 aliphatic rings. The first-order valence-corrected chi connectivity index (χ1v) is 4.10. The van der Waals surface area contributed by atoms with E-state index >= 15 is 0 Å². The Morgan fingerprint density at radius 3 is 2.60 bits per heavy atom. The summed E-state index contributed by atoms with van der Waals surface area (Å²) in [6, 6.07) is 3.72. The SMILES string of the molecule is FC(F)(F)c1cccc(-n2ccnc2)n1. The van der Waals surface area contributed by atoms with Gasteiger partial charge in [-0.15, -0.1) is 0 Å². The number of pyridine rings is 1. The van der Waals surface area contributed by atoms with E-state index < -0.39 is 11.9 Å². The van der Waals surface area contributed by atoms with Gasteiger partial charge in [0, 0.05) is 12.4 Å². The highest BCUT2D eigenvalue weighted by molar-refractivity contribution is 5.25. The number of aromatic nitrogens is 3. The molecule has 0 saturated carbocycles. The number of hydrogen-bond acceptors (Lipinski definition) is 2. The molecule has 0 atom stereocenters. The number of imidazole rings is 1. The lowest BCUT2D eigenvalue weighted by atomic mass is 10.3. The van der Waals surface area contributed by atoms with Crippen LogP contribution in [-0.2, 0) is 6.18 Å². The van der Waals surface area contributed by atoms with Crippen LogP contribution >= 0.6 is 0 Å². The quantitative estimate of drug-likeness (QED) is 0.727. The molecular formula is C9H6F3N3. The van der Waals surface area contributed by atoms with Crippen LogP contribution in [0.5, 0.6) is 0 Å². The molecule has 2 aromatic heterocycles. The molecule has 0 unspecified atom stereocenters. The summed E-state index contributed by atoms with van der Waals surface area (Å²) in [7, 11) is 0. The number of halogens is 3. The molecule has 0 bridgehead atoms. The van der Waals surface area contributed by atoms with Gasteiger partial charge in [0.1, 0.15) is 17.8 Å². The maximum Gasteiger partial charge on any atom is 0.433 e. The molecule has 2 heterocycles. The maximum absolute atomic E-state index is 12.3. The van der Waals surface area contributed by atoms with Crippen LogP contribution in [0.4, 0.5) is 13.2 Å². The number of rotatable bonds is 1. The van der Waals surface area contributed by atoms with E-state index in [1.54, 1.807) is 0 Å². The van der Waals surface area contributed by atoms with Crippen molar-refractivity contribution in [3.05, 3.63) is 42.6 Å². The van der Waals surface area contributed by atoms with E-state index in [4.69, 9.17) is 0 Å². The van der Waals surface area contributed by atoms with Crippen LogP contribution in [0.2, 0.25) is 0 Å². The lowest BCUT2D eigenvalue weighted by molar-refractivity contribution is -0.141. The summed E-state index contributed by atoms with van der Waals surface area (Å²) in [5, 5.41) is 0. The van der Waals surface area contributed by atoms with Crippen molar-refractivity contribution in [1.29, 1.82) is 0 Å². The molecule has 0 aliphatic carbocycles. The smallest absolute Gasteiger partial charge is 0.291 e. The monoisotopic (exact) mass is 213 g/mol. The highest BCUT2D eigenvalue weighted by Crippen LogP contribution is 2.27. The summed E-state index contributed by atoms with van der Waals surface area (Å²) in [5.74, 6) is 0.197. The fourth-order valence-electron chi connectivity index (χ4n) is 1.12. The van der Waals surface area contributed by atoms with E-state index in [1.807, 2.05) is 0 Å². The molecule has 2 aromatic rings. The van der Waals surface area contributed by atoms with Gasteiger partial charge in [-0.1, -0.05) is 6.07 Å². The van der Waals surface area contributed by atoms with Gasteiger partial charge < -0.3 is 0 Å². The molecule has 0 fully saturated rings. The minimum Gasteiger partial charge on any atom is -0.291 e. The van der Waals surface area contributed by atoms with Crippen molar-refractivity contribution >= 4 is 0 Å². The fourth-order valence-corrected chi connectivity index (χ4v) is 1.12. The van der Waals surface area contributed by atoms with Gasteiger partial charge >= 0.3 is 6.18 Å². The normalized spacial score (nSPS) is 11.7. The standard InChI is InChI=1S/C9H6F3N3/c10-9(11,12)7-2-1-3-8(14-7)15-5-4-13-6-15/h1-6H. The Kier molecular flexibility index (Phi) is 2.18. The third-order valence-corrected chi connectivity index (χ3v) is 1.79. The first kappa shape index (κ1) is 9.70. The number of nitrogens with zero attached hydrogens (tertiary/aromatic N) is 3. The van der Waals surface area contributed by atoms with Gasteiger partial charge in [-0.25, -0.2) is 9.97 Å². The van der Waals surface area contributed by atoms with Gasteiger partial charge in [-0.3, -0.25) is 4.57 Å². The summed E-state index contributed by atoms with van der Waals surface area (Å²) < 4.78 is 38.4. The van der Waals surface area contributed by atoms with Crippen LogP contribution in [0.3, 0.4) is 0 Å². The van der Waals surface area contributed by atoms with Crippen molar-refractivity contribution in [1.82, 2.24) is 14.5 Å². The van der Waals surface area contributed by atoms with Crippen molar-refractivity contribution in [3.8, 4) is 5.82 Å². The van der Waals surface area contributed by atoms with E-state index in [2.05, 4.69) is 9.97 Å². The predicted molar refractivity (Wildman–Crippen MR) is 46.4 cm³/mol. The van der Waals surface area contributed by atoms with Crippen molar-refractivity contribution in [2.24, 2.45) is 0 Å². The van der Waals surface area contributed by atoms with E-state index in [-0.39, 0.29) is 5.82 Å². The molecule has 0 radical (unpaired) electrons. The molecule has 78 valence electrons. The van der Waals surface area contributed by atoms with Gasteiger partial charge in [-0.05, 0) is 12.1 Å². The zero-order valence-corrected chi connectivity index (χ0v) is 7.44. The Morgan fingerprint density at radius 1 is 1.20 bits per heavy atom. The topological polar surface area (TPSA) is 30.7 Å². The Labute approximate surface area is 83.2 Å². The van der Waals surface area contributed by atoms with Crippen LogP contribution in [0.15, 0.2) is 36.9 Å². The zero-order chi connectivity index (χ0) is 10.9. The van der Waals surface area contributed by atoms with Crippen molar-refractivity contribution in [2.75, 3.05) is 0 Å². The number of alkyl halides is 3. The van der Waals surface area contributed by atoms with Gasteiger partial charge in [0.15, 0.2) is 0 Å². The van der Waals surface area contributed by atoms with Crippen LogP contribution in [-0.4, -0.2) is 14.5 Å². The molecule has 3 nitrogen and oxygen atoms in total. The molecule has 0 aromatic carbocycles. The molecule has 0 spiro atoms. The minimum absolute atomic E-state index is 0.197. The summed E-state index contributed by atoms with van der Waals surface area (Å²) in [6.07, 6.45) is -0.0243. The Hall–Kier alpha value is -1.85. The van der Waals surface area contributed by atoms with E-state index in [0.29, 0.717) is 0 Å². The number of hydrogen-bond donors (Lipinski definition) is 0. The lowest BCUT2D eigenvalue weighted by Gasteiger charge is -2.07. The third kappa shape index (κ3) is 1.98. The van der Waals surface area contributed by atoms with E-state index in [1.165, 1.54) is 35.4 Å². The molecule has 2 rings (SSSR count). The second-order valence-corrected chi connectivity index (χ2v) is 2.85. The first-order valence-electron chi connectivity index (χ1n) is 4.10. The maximum atomic E-state index is 12.3. The Morgan fingerprint density at radius 2 is 2.00 bits per heavy atom. The highest BCUT2D eigenvalue weighted by atomic mass is 19.4. The van der Waals surface area contributed by atoms with Crippen LogP contribution in [0, 0.1) is 0 Å². The molecule has 0 saturated heterocycles. The molecule has 0 amide bonds. The van der Waals surface area contributed by atoms with Crippen LogP contribution < -0.4 is 0 Å². The van der Waals surface area contributed by atoms with Gasteiger partial charge in [0.2, 0.25) is 0 Å². The molecule has 0 aliphatic heterocycles. The predicted octanol–water partition coefficient (Wildman–Crippen LogP) is 2.29. The van der Waals surface area contributed by atoms with E-state index in [0.717, 1.165) is 6.07 Å². The average molecular weight is 213 g/mol.